The van der Waals surface area contributed by atoms with E-state index in [-0.39, 0.29) is 0 Å². The van der Waals surface area contributed by atoms with Crippen LogP contribution in [0.1, 0.15) is 21.5 Å². The molecule has 152 valence electrons. The van der Waals surface area contributed by atoms with E-state index in [1.54, 1.807) is 30.3 Å². The van der Waals surface area contributed by atoms with Gasteiger partial charge in [0.25, 0.3) is 5.91 Å². The van der Waals surface area contributed by atoms with Gasteiger partial charge in [-0.1, -0.05) is 24.0 Å². The number of fused-ring (bicyclic) bond motifs is 1. The molecule has 0 radical (unpaired) electrons. The van der Waals surface area contributed by atoms with E-state index >= 15 is 0 Å². The summed E-state index contributed by atoms with van der Waals surface area (Å²) in [6, 6.07) is 15.5. The van der Waals surface area contributed by atoms with Crippen molar-refractivity contribution in [1.29, 1.82) is 0 Å². The maximum Gasteiger partial charge on any atom is 0.277 e. The van der Waals surface area contributed by atoms with E-state index in [1.165, 1.54) is 0 Å². The van der Waals surface area contributed by atoms with Crippen LogP contribution in [-0.4, -0.2) is 35.2 Å². The second-order valence-corrected chi connectivity index (χ2v) is 7.15. The average Bonchev–Trinajstić information content (AvgIpc) is 2.82. The molecule has 0 unspecified atom stereocenters. The molecule has 0 atom stereocenters. The molecule has 2 aromatic heterocycles. The van der Waals surface area contributed by atoms with Crippen molar-refractivity contribution < 1.29 is 10.0 Å². The second kappa shape index (κ2) is 8.66. The number of hydrogen-bond acceptors (Lipinski definition) is 5. The Morgan fingerprint density at radius 3 is 2.39 bits per heavy atom. The lowest BCUT2D eigenvalue weighted by atomic mass is 9.93. The van der Waals surface area contributed by atoms with Gasteiger partial charge >= 0.3 is 0 Å². The van der Waals surface area contributed by atoms with Gasteiger partial charge in [0, 0.05) is 61.0 Å². The molecule has 0 aliphatic rings. The minimum absolute atomic E-state index is 0.369. The van der Waals surface area contributed by atoms with E-state index in [0.717, 1.165) is 27.6 Å². The Morgan fingerprint density at radius 2 is 1.71 bits per heavy atom. The Balaban J connectivity index is 1.83. The first-order valence-corrected chi connectivity index (χ1v) is 9.63. The van der Waals surface area contributed by atoms with Gasteiger partial charge in [-0.25, -0.2) is 5.48 Å². The molecule has 4 rings (SSSR count). The number of hydrogen-bond donors (Lipinski definition) is 2. The molecule has 0 bridgehead atoms. The van der Waals surface area contributed by atoms with Crippen molar-refractivity contribution in [3.8, 4) is 23.0 Å². The Kier molecular flexibility index (Phi) is 5.61. The molecule has 6 nitrogen and oxygen atoms in total. The zero-order valence-electron chi connectivity index (χ0n) is 17.1. The van der Waals surface area contributed by atoms with Gasteiger partial charge in [0.2, 0.25) is 0 Å². The monoisotopic (exact) mass is 408 g/mol. The normalized spacial score (nSPS) is 10.3. The number of carbonyl (C=O) groups excluding carboxylic acids is 1. The van der Waals surface area contributed by atoms with Gasteiger partial charge in [-0.3, -0.25) is 20.0 Å². The minimum Gasteiger partial charge on any atom is -0.376 e. The molecule has 2 aromatic carbocycles. The summed E-state index contributed by atoms with van der Waals surface area (Å²) < 4.78 is 0. The molecule has 6 heteroatoms. The van der Waals surface area contributed by atoms with Crippen LogP contribution in [0.5, 0.6) is 0 Å². The highest BCUT2D eigenvalue weighted by atomic mass is 16.5. The molecule has 0 aliphatic heterocycles. The number of amides is 1. The van der Waals surface area contributed by atoms with Crippen molar-refractivity contribution in [2.45, 2.75) is 0 Å². The second-order valence-electron chi connectivity index (χ2n) is 7.15. The molecule has 2 N–H and O–H groups in total. The first kappa shape index (κ1) is 20.1. The van der Waals surface area contributed by atoms with Crippen LogP contribution in [0.3, 0.4) is 0 Å². The highest BCUT2D eigenvalue weighted by molar-refractivity contribution is 6.14. The van der Waals surface area contributed by atoms with E-state index in [9.17, 15) is 10.0 Å². The Morgan fingerprint density at radius 1 is 0.968 bits per heavy atom. The van der Waals surface area contributed by atoms with Gasteiger partial charge in [-0.2, -0.15) is 0 Å². The van der Waals surface area contributed by atoms with Crippen molar-refractivity contribution in [3.05, 3.63) is 90.0 Å². The minimum atomic E-state index is -0.581. The topological polar surface area (TPSA) is 78.4 Å². The van der Waals surface area contributed by atoms with Gasteiger partial charge in [-0.15, -0.1) is 0 Å². The van der Waals surface area contributed by atoms with Crippen LogP contribution in [-0.2, 0) is 0 Å². The predicted octanol–water partition coefficient (Wildman–Crippen LogP) is 3.88. The number of carbonyl (C=O) groups is 1. The van der Waals surface area contributed by atoms with Crippen LogP contribution in [0.25, 0.3) is 21.9 Å². The van der Waals surface area contributed by atoms with Gasteiger partial charge < -0.3 is 4.90 Å². The van der Waals surface area contributed by atoms with Gasteiger partial charge in [0.1, 0.15) is 0 Å². The van der Waals surface area contributed by atoms with Gasteiger partial charge in [0.15, 0.2) is 0 Å². The predicted molar refractivity (Wildman–Crippen MR) is 121 cm³/mol. The largest absolute Gasteiger partial charge is 0.376 e. The van der Waals surface area contributed by atoms with Crippen molar-refractivity contribution in [2.24, 2.45) is 0 Å². The SMILES string of the molecule is CN(C)c1c(-c2ccc(C#Cc3cccnc3)cc2)cc2ccncc2c1C(=O)NO. The quantitative estimate of drug-likeness (QED) is 0.306. The Hall–Kier alpha value is -4.21. The highest BCUT2D eigenvalue weighted by Gasteiger charge is 2.21. The smallest absolute Gasteiger partial charge is 0.277 e. The van der Waals surface area contributed by atoms with Gasteiger partial charge in [0.05, 0.1) is 11.3 Å². The molecule has 1 amide bonds. The molecule has 4 aromatic rings. The summed E-state index contributed by atoms with van der Waals surface area (Å²) in [4.78, 5) is 22.7. The van der Waals surface area contributed by atoms with Crippen molar-refractivity contribution in [1.82, 2.24) is 15.4 Å². The number of nitrogens with one attached hydrogen (secondary N) is 1. The van der Waals surface area contributed by atoms with Crippen LogP contribution in [0, 0.1) is 11.8 Å². The lowest BCUT2D eigenvalue weighted by molar-refractivity contribution is 0.0709. The third kappa shape index (κ3) is 4.08. The first-order valence-electron chi connectivity index (χ1n) is 9.63. The van der Waals surface area contributed by atoms with Crippen molar-refractivity contribution in [2.75, 3.05) is 19.0 Å². The molecular weight excluding hydrogens is 388 g/mol. The van der Waals surface area contributed by atoms with Crippen LogP contribution in [0.4, 0.5) is 5.69 Å². The summed E-state index contributed by atoms with van der Waals surface area (Å²) in [5.74, 6) is 5.66. The number of pyridine rings is 2. The molecule has 2 heterocycles. The molecule has 31 heavy (non-hydrogen) atoms. The average molecular weight is 408 g/mol. The first-order chi connectivity index (χ1) is 15.1. The Labute approximate surface area is 180 Å². The summed E-state index contributed by atoms with van der Waals surface area (Å²) in [5.41, 5.74) is 6.36. The van der Waals surface area contributed by atoms with Crippen LogP contribution in [0.15, 0.2) is 73.3 Å². The summed E-state index contributed by atoms with van der Waals surface area (Å²) in [5, 5.41) is 10.9. The zero-order valence-corrected chi connectivity index (χ0v) is 17.1. The fourth-order valence-corrected chi connectivity index (χ4v) is 3.51. The molecule has 0 aliphatic carbocycles. The summed E-state index contributed by atoms with van der Waals surface area (Å²) in [6.45, 7) is 0. The van der Waals surface area contributed by atoms with E-state index in [4.69, 9.17) is 0 Å². The van der Waals surface area contributed by atoms with Crippen LogP contribution >= 0.6 is 0 Å². The lowest BCUT2D eigenvalue weighted by Gasteiger charge is -2.23. The van der Waals surface area contributed by atoms with Crippen molar-refractivity contribution >= 4 is 22.4 Å². The zero-order chi connectivity index (χ0) is 21.8. The lowest BCUT2D eigenvalue weighted by Crippen LogP contribution is -2.23. The van der Waals surface area contributed by atoms with Crippen LogP contribution < -0.4 is 10.4 Å². The molecular formula is C25H20N4O2. The number of rotatable bonds is 3. The molecule has 0 saturated heterocycles. The summed E-state index contributed by atoms with van der Waals surface area (Å²) in [6.07, 6.45) is 6.75. The van der Waals surface area contributed by atoms with Crippen molar-refractivity contribution in [3.63, 3.8) is 0 Å². The maximum absolute atomic E-state index is 12.6. The molecule has 0 fully saturated rings. The van der Waals surface area contributed by atoms with E-state index in [0.29, 0.717) is 16.6 Å². The number of aromatic nitrogens is 2. The molecule has 0 spiro atoms. The number of nitrogens with zero attached hydrogens (tertiary/aromatic N) is 3. The van der Waals surface area contributed by atoms with Crippen LogP contribution in [0.2, 0.25) is 0 Å². The maximum atomic E-state index is 12.6. The standard InChI is InChI=1S/C25H20N4O2/c1-29(2)24-21(14-20-11-13-27-16-22(20)23(24)25(30)28-31)19-9-7-17(8-10-19)5-6-18-4-3-12-26-15-18/h3-4,7-16,31H,1-2H3,(H,28,30). The summed E-state index contributed by atoms with van der Waals surface area (Å²) in [7, 11) is 3.73. The fourth-order valence-electron chi connectivity index (χ4n) is 3.51. The Bertz CT molecular complexity index is 1300. The number of benzene rings is 2. The third-order valence-corrected chi connectivity index (χ3v) is 4.90. The van der Waals surface area contributed by atoms with E-state index < -0.39 is 5.91 Å². The third-order valence-electron chi connectivity index (χ3n) is 4.90. The fraction of sp³-hybridized carbons (Fsp3) is 0.0800. The van der Waals surface area contributed by atoms with E-state index in [2.05, 4.69) is 21.8 Å². The molecule has 0 saturated carbocycles. The summed E-state index contributed by atoms with van der Waals surface area (Å²) >= 11 is 0. The van der Waals surface area contributed by atoms with Gasteiger partial charge in [-0.05, 0) is 47.3 Å². The number of hydroxylamine groups is 1. The highest BCUT2D eigenvalue weighted by Crippen LogP contribution is 2.38. The van der Waals surface area contributed by atoms with E-state index in [1.807, 2.05) is 67.5 Å². The number of anilines is 1.